The Morgan fingerprint density at radius 2 is 1.65 bits per heavy atom. The van der Waals surface area contributed by atoms with Crippen molar-refractivity contribution < 1.29 is 4.79 Å². The molecule has 1 aromatic carbocycles. The zero-order valence-electron chi connectivity index (χ0n) is 14.1. The van der Waals surface area contributed by atoms with Crippen LogP contribution in [-0.4, -0.2) is 33.9 Å². The van der Waals surface area contributed by atoms with Gasteiger partial charge in [0, 0.05) is 18.7 Å². The summed E-state index contributed by atoms with van der Waals surface area (Å²) in [6, 6.07) is 4.28. The van der Waals surface area contributed by atoms with E-state index in [1.54, 1.807) is 12.4 Å². The number of aryl methyl sites for hydroxylation is 3. The minimum atomic E-state index is 0.00136. The van der Waals surface area contributed by atoms with Crippen LogP contribution in [0.25, 0.3) is 11.3 Å². The van der Waals surface area contributed by atoms with Gasteiger partial charge in [0.15, 0.2) is 0 Å². The summed E-state index contributed by atoms with van der Waals surface area (Å²) in [6.07, 6.45) is 6.69. The Morgan fingerprint density at radius 1 is 1.00 bits per heavy atom. The summed E-state index contributed by atoms with van der Waals surface area (Å²) in [5.41, 5.74) is 5.87. The maximum Gasteiger partial charge on any atom is 0.274 e. The highest BCUT2D eigenvalue weighted by Gasteiger charge is 2.20. The van der Waals surface area contributed by atoms with Gasteiger partial charge < -0.3 is 4.90 Å². The number of rotatable bonds is 2. The summed E-state index contributed by atoms with van der Waals surface area (Å²) in [7, 11) is 0. The van der Waals surface area contributed by atoms with E-state index >= 15 is 0 Å². The number of hydrogen-bond acceptors (Lipinski definition) is 3. The van der Waals surface area contributed by atoms with Crippen LogP contribution in [0.5, 0.6) is 0 Å². The molecule has 120 valence electrons. The Bertz CT molecular complexity index is 710. The monoisotopic (exact) mass is 309 g/mol. The van der Waals surface area contributed by atoms with Gasteiger partial charge in [0.2, 0.25) is 0 Å². The molecule has 1 fully saturated rings. The fourth-order valence-electron chi connectivity index (χ4n) is 3.43. The van der Waals surface area contributed by atoms with E-state index in [0.29, 0.717) is 5.69 Å². The van der Waals surface area contributed by atoms with E-state index in [4.69, 9.17) is 0 Å². The van der Waals surface area contributed by atoms with Gasteiger partial charge >= 0.3 is 0 Å². The van der Waals surface area contributed by atoms with Crippen molar-refractivity contribution in [2.45, 2.75) is 40.0 Å². The lowest BCUT2D eigenvalue weighted by atomic mass is 9.97. The Kier molecular flexibility index (Phi) is 4.42. The smallest absolute Gasteiger partial charge is 0.274 e. The first-order chi connectivity index (χ1) is 11.1. The van der Waals surface area contributed by atoms with Crippen molar-refractivity contribution in [2.24, 2.45) is 0 Å². The van der Waals surface area contributed by atoms with Crippen molar-refractivity contribution in [1.29, 1.82) is 0 Å². The Labute approximate surface area is 137 Å². The van der Waals surface area contributed by atoms with Gasteiger partial charge in [-0.3, -0.25) is 9.78 Å². The van der Waals surface area contributed by atoms with Crippen LogP contribution in [0.4, 0.5) is 0 Å². The molecule has 1 aliphatic rings. The molecule has 0 spiro atoms. The molecule has 1 amide bonds. The van der Waals surface area contributed by atoms with E-state index in [-0.39, 0.29) is 5.91 Å². The highest BCUT2D eigenvalue weighted by atomic mass is 16.2. The molecule has 0 atom stereocenters. The number of carbonyl (C=O) groups is 1. The third-order valence-electron chi connectivity index (χ3n) is 4.43. The quantitative estimate of drug-likeness (QED) is 0.850. The van der Waals surface area contributed by atoms with Crippen molar-refractivity contribution >= 4 is 5.91 Å². The summed E-state index contributed by atoms with van der Waals surface area (Å²) in [5.74, 6) is 0.00136. The zero-order valence-corrected chi connectivity index (χ0v) is 14.1. The molecule has 4 heteroatoms. The number of likely N-dealkylation sites (tertiary alicyclic amines) is 1. The number of benzene rings is 1. The maximum atomic E-state index is 12.6. The molecule has 23 heavy (non-hydrogen) atoms. The summed E-state index contributed by atoms with van der Waals surface area (Å²) >= 11 is 0. The highest BCUT2D eigenvalue weighted by molar-refractivity contribution is 5.92. The number of carbonyl (C=O) groups excluding carboxylic acids is 1. The zero-order chi connectivity index (χ0) is 16.4. The van der Waals surface area contributed by atoms with E-state index in [2.05, 4.69) is 42.9 Å². The second-order valence-corrected chi connectivity index (χ2v) is 6.42. The Hall–Kier alpha value is -2.23. The van der Waals surface area contributed by atoms with E-state index in [0.717, 1.165) is 37.2 Å². The van der Waals surface area contributed by atoms with Crippen LogP contribution >= 0.6 is 0 Å². The van der Waals surface area contributed by atoms with Gasteiger partial charge in [-0.1, -0.05) is 17.7 Å². The average molecular weight is 309 g/mol. The summed E-state index contributed by atoms with van der Waals surface area (Å²) < 4.78 is 0. The summed E-state index contributed by atoms with van der Waals surface area (Å²) in [6.45, 7) is 7.90. The molecule has 1 saturated heterocycles. The third-order valence-corrected chi connectivity index (χ3v) is 4.43. The molecule has 4 nitrogen and oxygen atoms in total. The van der Waals surface area contributed by atoms with Crippen LogP contribution < -0.4 is 0 Å². The first-order valence-electron chi connectivity index (χ1n) is 8.26. The lowest BCUT2D eigenvalue weighted by Gasteiger charge is -2.26. The molecule has 0 radical (unpaired) electrons. The van der Waals surface area contributed by atoms with Crippen LogP contribution in [0.2, 0.25) is 0 Å². The van der Waals surface area contributed by atoms with Gasteiger partial charge in [0.1, 0.15) is 5.69 Å². The number of hydrogen-bond donors (Lipinski definition) is 0. The highest BCUT2D eigenvalue weighted by Crippen LogP contribution is 2.26. The van der Waals surface area contributed by atoms with Gasteiger partial charge in [0.25, 0.3) is 5.91 Å². The molecule has 0 bridgehead atoms. The molecular formula is C19H23N3O. The van der Waals surface area contributed by atoms with Gasteiger partial charge in [-0.2, -0.15) is 0 Å². The van der Waals surface area contributed by atoms with Gasteiger partial charge in [-0.05, 0) is 51.2 Å². The predicted molar refractivity (Wildman–Crippen MR) is 91.4 cm³/mol. The maximum absolute atomic E-state index is 12.6. The third kappa shape index (κ3) is 3.26. The number of amides is 1. The second-order valence-electron chi connectivity index (χ2n) is 6.42. The Morgan fingerprint density at radius 3 is 2.30 bits per heavy atom. The molecule has 0 aliphatic carbocycles. The van der Waals surface area contributed by atoms with Crippen LogP contribution in [0, 0.1) is 20.8 Å². The van der Waals surface area contributed by atoms with Crippen LogP contribution in [0.3, 0.4) is 0 Å². The lowest BCUT2D eigenvalue weighted by molar-refractivity contribution is 0.0718. The molecule has 2 aromatic rings. The molecular weight excluding hydrogens is 286 g/mol. The molecule has 0 saturated carbocycles. The Balaban J connectivity index is 1.95. The molecule has 3 rings (SSSR count). The molecule has 2 heterocycles. The molecule has 1 aliphatic heterocycles. The molecule has 0 unspecified atom stereocenters. The number of aromatic nitrogens is 2. The molecule has 1 aromatic heterocycles. The van der Waals surface area contributed by atoms with Crippen LogP contribution in [-0.2, 0) is 0 Å². The van der Waals surface area contributed by atoms with Crippen molar-refractivity contribution in [3.8, 4) is 11.3 Å². The van der Waals surface area contributed by atoms with Crippen LogP contribution in [0.1, 0.15) is 46.4 Å². The fraction of sp³-hybridized carbons (Fsp3) is 0.421. The topological polar surface area (TPSA) is 46.1 Å². The van der Waals surface area contributed by atoms with Crippen molar-refractivity contribution in [3.63, 3.8) is 0 Å². The predicted octanol–water partition coefficient (Wildman–Crippen LogP) is 3.69. The normalized spacial score (nSPS) is 14.8. The van der Waals surface area contributed by atoms with E-state index in [1.165, 1.54) is 23.1 Å². The van der Waals surface area contributed by atoms with E-state index < -0.39 is 0 Å². The van der Waals surface area contributed by atoms with Crippen molar-refractivity contribution in [1.82, 2.24) is 14.9 Å². The standard InChI is InChI=1S/C19H23N3O/c1-13-9-14(2)18(15(3)10-13)16-11-20-12-17(21-16)19(23)22-7-5-4-6-8-22/h9-12H,4-8H2,1-3H3. The van der Waals surface area contributed by atoms with Gasteiger partial charge in [-0.25, -0.2) is 4.98 Å². The summed E-state index contributed by atoms with van der Waals surface area (Å²) in [5, 5.41) is 0. The first kappa shape index (κ1) is 15.7. The SMILES string of the molecule is Cc1cc(C)c(-c2cncc(C(=O)N3CCCCC3)n2)c(C)c1. The average Bonchev–Trinajstić information content (AvgIpc) is 2.54. The van der Waals surface area contributed by atoms with Gasteiger partial charge in [0.05, 0.1) is 18.1 Å². The minimum absolute atomic E-state index is 0.00136. The van der Waals surface area contributed by atoms with E-state index in [1.807, 2.05) is 4.90 Å². The number of piperidine rings is 1. The fourth-order valence-corrected chi connectivity index (χ4v) is 3.43. The van der Waals surface area contributed by atoms with Crippen molar-refractivity contribution in [2.75, 3.05) is 13.1 Å². The van der Waals surface area contributed by atoms with Crippen LogP contribution in [0.15, 0.2) is 24.5 Å². The largest absolute Gasteiger partial charge is 0.337 e. The summed E-state index contributed by atoms with van der Waals surface area (Å²) in [4.78, 5) is 23.4. The second kappa shape index (κ2) is 6.49. The van der Waals surface area contributed by atoms with Gasteiger partial charge in [-0.15, -0.1) is 0 Å². The van der Waals surface area contributed by atoms with E-state index in [9.17, 15) is 4.79 Å². The van der Waals surface area contributed by atoms with Crippen molar-refractivity contribution in [3.05, 3.63) is 46.9 Å². The number of nitrogens with zero attached hydrogens (tertiary/aromatic N) is 3. The first-order valence-corrected chi connectivity index (χ1v) is 8.26. The molecule has 0 N–H and O–H groups in total. The lowest BCUT2D eigenvalue weighted by Crippen LogP contribution is -2.36. The minimum Gasteiger partial charge on any atom is -0.337 e.